The summed E-state index contributed by atoms with van der Waals surface area (Å²) in [5.74, 6) is 2.23. The summed E-state index contributed by atoms with van der Waals surface area (Å²) in [5, 5.41) is 6.26. The molecule has 0 radical (unpaired) electrons. The Hall–Kier alpha value is -1.27. The fraction of sp³-hybridized carbons (Fsp3) is 0.667. The van der Waals surface area contributed by atoms with Crippen LogP contribution in [0.25, 0.3) is 0 Å². The molecule has 2 N–H and O–H groups in total. The number of amides is 2. The van der Waals surface area contributed by atoms with Gasteiger partial charge in [0.1, 0.15) is 5.82 Å². The molecule has 4 rings (SSSR count). The highest BCUT2D eigenvalue weighted by atomic mass is 32.2. The third-order valence-electron chi connectivity index (χ3n) is 6.29. The Morgan fingerprint density at radius 2 is 2.07 bits per heavy atom. The number of carbonyl (C=O) groups is 1. The highest BCUT2D eigenvalue weighted by molar-refractivity contribution is 7.99. The predicted molar refractivity (Wildman–Crippen MR) is 106 cm³/mol. The second-order valence-electron chi connectivity index (χ2n) is 8.19. The van der Waals surface area contributed by atoms with E-state index in [0.717, 1.165) is 56.5 Å². The third-order valence-corrected chi connectivity index (χ3v) is 7.52. The van der Waals surface area contributed by atoms with Crippen LogP contribution in [-0.2, 0) is 4.74 Å². The molecule has 6 heteroatoms. The van der Waals surface area contributed by atoms with E-state index in [1.807, 2.05) is 17.8 Å². The largest absolute Gasteiger partial charge is 0.374 e. The van der Waals surface area contributed by atoms with Crippen LogP contribution in [0.1, 0.15) is 56.6 Å². The summed E-state index contributed by atoms with van der Waals surface area (Å²) in [5.41, 5.74) is 0.548. The number of urea groups is 1. The lowest BCUT2D eigenvalue weighted by atomic mass is 9.89. The average molecular weight is 393 g/mol. The van der Waals surface area contributed by atoms with E-state index in [1.54, 1.807) is 12.1 Å². The van der Waals surface area contributed by atoms with Crippen molar-refractivity contribution in [2.75, 3.05) is 18.1 Å². The third kappa shape index (κ3) is 4.43. The number of halogens is 1. The van der Waals surface area contributed by atoms with Crippen molar-refractivity contribution in [1.82, 2.24) is 10.6 Å². The molecule has 1 spiro atoms. The zero-order valence-electron chi connectivity index (χ0n) is 15.7. The lowest BCUT2D eigenvalue weighted by Crippen LogP contribution is -2.51. The number of ether oxygens (including phenoxy) is 1. The summed E-state index contributed by atoms with van der Waals surface area (Å²) >= 11 is 1.93. The van der Waals surface area contributed by atoms with Crippen molar-refractivity contribution in [3.05, 3.63) is 35.6 Å². The maximum Gasteiger partial charge on any atom is 0.315 e. The van der Waals surface area contributed by atoms with Crippen LogP contribution in [0.3, 0.4) is 0 Å². The van der Waals surface area contributed by atoms with Gasteiger partial charge in [-0.15, -0.1) is 0 Å². The van der Waals surface area contributed by atoms with Crippen LogP contribution in [0.15, 0.2) is 24.3 Å². The van der Waals surface area contributed by atoms with Crippen LogP contribution in [0.4, 0.5) is 9.18 Å². The minimum atomic E-state index is -0.260. The highest BCUT2D eigenvalue weighted by Crippen LogP contribution is 2.39. The van der Waals surface area contributed by atoms with Crippen LogP contribution in [0.2, 0.25) is 0 Å². The molecule has 3 aliphatic rings. The second kappa shape index (κ2) is 8.39. The molecule has 3 unspecified atom stereocenters. The van der Waals surface area contributed by atoms with Gasteiger partial charge in [0.05, 0.1) is 11.6 Å². The Bertz CT molecular complexity index is 659. The standard InChI is InChI=1S/C21H29FN2O2S/c22-18-8-4-3-7-17(18)19(15-5-1-2-6-15)24-20(25)23-16-9-11-26-21(13-16)10-12-27-14-21/h3-4,7-8,15-16,19H,1-2,5-6,9-14H2,(H2,23,24,25). The van der Waals surface area contributed by atoms with E-state index in [0.29, 0.717) is 18.1 Å². The first-order chi connectivity index (χ1) is 13.2. The molecule has 1 aromatic rings. The van der Waals surface area contributed by atoms with Gasteiger partial charge >= 0.3 is 6.03 Å². The topological polar surface area (TPSA) is 50.4 Å². The van der Waals surface area contributed by atoms with Gasteiger partial charge in [-0.25, -0.2) is 9.18 Å². The van der Waals surface area contributed by atoms with Crippen molar-refractivity contribution in [1.29, 1.82) is 0 Å². The van der Waals surface area contributed by atoms with E-state index in [9.17, 15) is 9.18 Å². The summed E-state index contributed by atoms with van der Waals surface area (Å²) < 4.78 is 20.5. The van der Waals surface area contributed by atoms with Crippen molar-refractivity contribution >= 4 is 17.8 Å². The van der Waals surface area contributed by atoms with Crippen molar-refractivity contribution in [3.63, 3.8) is 0 Å². The molecule has 0 aromatic heterocycles. The smallest absolute Gasteiger partial charge is 0.315 e. The lowest BCUT2D eigenvalue weighted by Gasteiger charge is -2.38. The first kappa shape index (κ1) is 19.1. The summed E-state index contributed by atoms with van der Waals surface area (Å²) in [4.78, 5) is 12.8. The first-order valence-corrected chi connectivity index (χ1v) is 11.3. The molecule has 3 atom stereocenters. The number of carbonyl (C=O) groups excluding carboxylic acids is 1. The molecule has 148 valence electrons. The molecular formula is C21H29FN2O2S. The average Bonchev–Trinajstić information content (AvgIpc) is 3.33. The van der Waals surface area contributed by atoms with Crippen molar-refractivity contribution < 1.29 is 13.9 Å². The Balaban J connectivity index is 1.41. The van der Waals surface area contributed by atoms with Gasteiger partial charge in [0.25, 0.3) is 0 Å². The SMILES string of the molecule is O=C(NC1CCOC2(CCSC2)C1)NC(c1ccccc1F)C1CCCC1. The van der Waals surface area contributed by atoms with Gasteiger partial charge in [-0.05, 0) is 49.8 Å². The number of thioether (sulfide) groups is 1. The number of benzene rings is 1. The Morgan fingerprint density at radius 3 is 2.81 bits per heavy atom. The van der Waals surface area contributed by atoms with Crippen LogP contribution >= 0.6 is 11.8 Å². The van der Waals surface area contributed by atoms with Gasteiger partial charge in [0.2, 0.25) is 0 Å². The van der Waals surface area contributed by atoms with Crippen molar-refractivity contribution in [2.45, 2.75) is 62.6 Å². The zero-order valence-corrected chi connectivity index (χ0v) is 16.5. The van der Waals surface area contributed by atoms with E-state index in [1.165, 1.54) is 6.07 Å². The minimum absolute atomic E-state index is 0.0583. The summed E-state index contributed by atoms with van der Waals surface area (Å²) in [6.07, 6.45) is 7.16. The number of hydrogen-bond donors (Lipinski definition) is 2. The minimum Gasteiger partial charge on any atom is -0.374 e. The number of rotatable bonds is 4. The van der Waals surface area contributed by atoms with Gasteiger partial charge in [-0.1, -0.05) is 31.0 Å². The number of hydrogen-bond acceptors (Lipinski definition) is 3. The van der Waals surface area contributed by atoms with E-state index >= 15 is 0 Å². The van der Waals surface area contributed by atoms with Gasteiger partial charge in [-0.3, -0.25) is 0 Å². The van der Waals surface area contributed by atoms with E-state index in [2.05, 4.69) is 10.6 Å². The Labute approximate surface area is 165 Å². The molecule has 1 aromatic carbocycles. The monoisotopic (exact) mass is 392 g/mol. The summed E-state index contributed by atoms with van der Waals surface area (Å²) in [6, 6.07) is 6.52. The molecule has 0 bridgehead atoms. The Kier molecular flexibility index (Phi) is 5.93. The van der Waals surface area contributed by atoms with Gasteiger partial charge < -0.3 is 15.4 Å². The molecule has 1 saturated carbocycles. The molecule has 1 aliphatic carbocycles. The van der Waals surface area contributed by atoms with E-state index in [4.69, 9.17) is 4.74 Å². The van der Waals surface area contributed by atoms with Gasteiger partial charge in [0, 0.05) is 24.0 Å². The first-order valence-electron chi connectivity index (χ1n) is 10.2. The molecule has 3 fully saturated rings. The maximum absolute atomic E-state index is 14.4. The van der Waals surface area contributed by atoms with Crippen LogP contribution < -0.4 is 10.6 Å². The van der Waals surface area contributed by atoms with Gasteiger partial charge in [-0.2, -0.15) is 11.8 Å². The second-order valence-corrected chi connectivity index (χ2v) is 9.29. The van der Waals surface area contributed by atoms with Crippen molar-refractivity contribution in [3.8, 4) is 0 Å². The quantitative estimate of drug-likeness (QED) is 0.798. The molecule has 2 saturated heterocycles. The number of nitrogens with one attached hydrogen (secondary N) is 2. The fourth-order valence-electron chi connectivity index (χ4n) is 4.85. The van der Waals surface area contributed by atoms with Crippen LogP contribution in [0.5, 0.6) is 0 Å². The summed E-state index contributed by atoms with van der Waals surface area (Å²) in [7, 11) is 0. The van der Waals surface area contributed by atoms with E-state index in [-0.39, 0.29) is 29.5 Å². The van der Waals surface area contributed by atoms with Gasteiger partial charge in [0.15, 0.2) is 0 Å². The molecule has 2 heterocycles. The zero-order chi connectivity index (χ0) is 18.7. The van der Waals surface area contributed by atoms with Crippen LogP contribution in [-0.4, -0.2) is 35.8 Å². The molecule has 4 nitrogen and oxygen atoms in total. The normalized spacial score (nSPS) is 29.7. The van der Waals surface area contributed by atoms with E-state index < -0.39 is 0 Å². The molecule has 2 aliphatic heterocycles. The van der Waals surface area contributed by atoms with Crippen LogP contribution in [0, 0.1) is 11.7 Å². The Morgan fingerprint density at radius 1 is 1.26 bits per heavy atom. The molecule has 2 amide bonds. The molecule has 27 heavy (non-hydrogen) atoms. The maximum atomic E-state index is 14.4. The lowest BCUT2D eigenvalue weighted by molar-refractivity contribution is -0.0684. The molecular weight excluding hydrogens is 363 g/mol. The van der Waals surface area contributed by atoms with Crippen molar-refractivity contribution in [2.24, 2.45) is 5.92 Å². The fourth-order valence-corrected chi connectivity index (χ4v) is 6.23. The predicted octanol–water partition coefficient (Wildman–Crippen LogP) is 4.41. The summed E-state index contributed by atoms with van der Waals surface area (Å²) in [6.45, 7) is 0.699. The highest BCUT2D eigenvalue weighted by Gasteiger charge is 2.41.